The molecule has 0 saturated carbocycles. The summed E-state index contributed by atoms with van der Waals surface area (Å²) in [6.45, 7) is 4.54. The van der Waals surface area contributed by atoms with Gasteiger partial charge >= 0.3 is 0 Å². The summed E-state index contributed by atoms with van der Waals surface area (Å²) < 4.78 is 0. The van der Waals surface area contributed by atoms with Crippen LogP contribution in [0.5, 0.6) is 0 Å². The van der Waals surface area contributed by atoms with Crippen LogP contribution in [0.25, 0.3) is 44.1 Å². The fraction of sp³-hybridized carbons (Fsp3) is 0.333. The van der Waals surface area contributed by atoms with Gasteiger partial charge < -0.3 is 0 Å². The number of nitrogens with zero attached hydrogens (tertiary/aromatic N) is 2. The van der Waals surface area contributed by atoms with Crippen molar-refractivity contribution in [2.75, 3.05) is 0 Å². The van der Waals surface area contributed by atoms with Gasteiger partial charge in [-0.2, -0.15) is 0 Å². The average molecular weight is 501 g/mol. The molecule has 0 N–H and O–H groups in total. The monoisotopic (exact) mass is 500 g/mol. The van der Waals surface area contributed by atoms with Gasteiger partial charge in [-0.1, -0.05) is 125 Å². The van der Waals surface area contributed by atoms with Crippen LogP contribution in [-0.4, -0.2) is 9.97 Å². The number of aryl methyl sites for hydroxylation is 2. The van der Waals surface area contributed by atoms with E-state index in [0.717, 1.165) is 23.9 Å². The summed E-state index contributed by atoms with van der Waals surface area (Å²) in [4.78, 5) is 10.6. The standard InChI is InChI=1S/C36H40N2/c1-3-5-7-15-21-29-25-33(27-17-11-9-12-18-27)31-23-24-32-34(28-19-13-10-14-20-28)26-30(22-16-8-6-4-2)38-36(32)35(31)37-29/h9-14,17-20,23-26H,3-8,15-16,21-22H2,1-2H3. The van der Waals surface area contributed by atoms with Crippen LogP contribution in [0.15, 0.2) is 84.9 Å². The van der Waals surface area contributed by atoms with Crippen molar-refractivity contribution in [3.63, 3.8) is 0 Å². The predicted octanol–water partition coefficient (Wildman–Crippen LogP) is 10.4. The van der Waals surface area contributed by atoms with Crippen molar-refractivity contribution in [2.45, 2.75) is 78.1 Å². The van der Waals surface area contributed by atoms with Crippen LogP contribution in [0.3, 0.4) is 0 Å². The van der Waals surface area contributed by atoms with E-state index in [1.54, 1.807) is 0 Å². The molecule has 0 bridgehead atoms. The Morgan fingerprint density at radius 2 is 0.895 bits per heavy atom. The first-order valence-electron chi connectivity index (χ1n) is 14.7. The summed E-state index contributed by atoms with van der Waals surface area (Å²) in [5.41, 5.74) is 9.46. The SMILES string of the molecule is CCCCCCc1cc(-c2ccccc2)c2ccc3c(-c4ccccc4)cc(CCCCCC)nc3c2n1. The van der Waals surface area contributed by atoms with Crippen molar-refractivity contribution >= 4 is 21.8 Å². The first-order valence-corrected chi connectivity index (χ1v) is 14.7. The Labute approximate surface area is 228 Å². The number of benzene rings is 3. The molecule has 3 aromatic carbocycles. The maximum absolute atomic E-state index is 5.31. The van der Waals surface area contributed by atoms with Crippen molar-refractivity contribution in [3.8, 4) is 22.3 Å². The van der Waals surface area contributed by atoms with E-state index in [0.29, 0.717) is 0 Å². The third-order valence-electron chi connectivity index (χ3n) is 7.61. The molecule has 2 heteroatoms. The zero-order valence-corrected chi connectivity index (χ0v) is 23.0. The molecular formula is C36H40N2. The number of unbranched alkanes of at least 4 members (excludes halogenated alkanes) is 6. The predicted molar refractivity (Wildman–Crippen MR) is 164 cm³/mol. The lowest BCUT2D eigenvalue weighted by molar-refractivity contribution is 0.661. The maximum Gasteiger partial charge on any atom is 0.0974 e. The molecule has 2 aromatic heterocycles. The molecule has 0 aliphatic rings. The highest BCUT2D eigenvalue weighted by atomic mass is 14.8. The first-order chi connectivity index (χ1) is 18.8. The Kier molecular flexibility index (Phi) is 8.81. The Morgan fingerprint density at radius 3 is 1.29 bits per heavy atom. The van der Waals surface area contributed by atoms with E-state index in [4.69, 9.17) is 9.97 Å². The van der Waals surface area contributed by atoms with Crippen molar-refractivity contribution < 1.29 is 0 Å². The number of hydrogen-bond acceptors (Lipinski definition) is 2. The summed E-state index contributed by atoms with van der Waals surface area (Å²) in [7, 11) is 0. The van der Waals surface area contributed by atoms with E-state index in [9.17, 15) is 0 Å². The third kappa shape index (κ3) is 5.96. The second-order valence-corrected chi connectivity index (χ2v) is 10.5. The minimum Gasteiger partial charge on any atom is -0.250 e. The lowest BCUT2D eigenvalue weighted by Crippen LogP contribution is -1.99. The van der Waals surface area contributed by atoms with Crippen LogP contribution in [0.2, 0.25) is 0 Å². The van der Waals surface area contributed by atoms with E-state index in [2.05, 4.69) is 98.8 Å². The van der Waals surface area contributed by atoms with Gasteiger partial charge in [-0.05, 0) is 60.1 Å². The van der Waals surface area contributed by atoms with Gasteiger partial charge in [0.1, 0.15) is 0 Å². The Bertz CT molecular complexity index is 1360. The molecule has 0 aliphatic carbocycles. The molecule has 38 heavy (non-hydrogen) atoms. The molecule has 0 unspecified atom stereocenters. The highest BCUT2D eigenvalue weighted by Gasteiger charge is 2.16. The number of rotatable bonds is 12. The Morgan fingerprint density at radius 1 is 0.474 bits per heavy atom. The lowest BCUT2D eigenvalue weighted by Gasteiger charge is -2.15. The fourth-order valence-electron chi connectivity index (χ4n) is 5.52. The number of pyridine rings is 2. The summed E-state index contributed by atoms with van der Waals surface area (Å²) in [6.07, 6.45) is 11.9. The molecule has 5 aromatic rings. The van der Waals surface area contributed by atoms with Gasteiger partial charge in [0.05, 0.1) is 11.0 Å². The molecule has 194 valence electrons. The second-order valence-electron chi connectivity index (χ2n) is 10.5. The molecule has 0 radical (unpaired) electrons. The zero-order valence-electron chi connectivity index (χ0n) is 23.0. The summed E-state index contributed by atoms with van der Waals surface area (Å²) in [6, 6.07) is 30.7. The molecule has 5 rings (SSSR count). The second kappa shape index (κ2) is 12.8. The van der Waals surface area contributed by atoms with Gasteiger partial charge in [-0.25, -0.2) is 0 Å². The Hall–Kier alpha value is -3.52. The Balaban J connectivity index is 1.71. The quantitative estimate of drug-likeness (QED) is 0.126. The van der Waals surface area contributed by atoms with Gasteiger partial charge in [0.15, 0.2) is 0 Å². The summed E-state index contributed by atoms with van der Waals surface area (Å²) in [5.74, 6) is 0. The van der Waals surface area contributed by atoms with Crippen molar-refractivity contribution in [3.05, 3.63) is 96.3 Å². The van der Waals surface area contributed by atoms with Crippen LogP contribution >= 0.6 is 0 Å². The van der Waals surface area contributed by atoms with Crippen LogP contribution in [0.4, 0.5) is 0 Å². The minimum absolute atomic E-state index is 1.01. The molecule has 2 nitrogen and oxygen atoms in total. The fourth-order valence-corrected chi connectivity index (χ4v) is 5.52. The molecule has 0 aliphatic heterocycles. The molecular weight excluding hydrogens is 460 g/mol. The van der Waals surface area contributed by atoms with Gasteiger partial charge in [0.25, 0.3) is 0 Å². The van der Waals surface area contributed by atoms with Crippen molar-refractivity contribution in [1.29, 1.82) is 0 Å². The highest BCUT2D eigenvalue weighted by Crippen LogP contribution is 2.36. The molecule has 0 amide bonds. The van der Waals surface area contributed by atoms with Crippen LogP contribution in [0.1, 0.15) is 76.6 Å². The van der Waals surface area contributed by atoms with Gasteiger partial charge in [0.2, 0.25) is 0 Å². The van der Waals surface area contributed by atoms with E-state index >= 15 is 0 Å². The van der Waals surface area contributed by atoms with Crippen molar-refractivity contribution in [2.24, 2.45) is 0 Å². The van der Waals surface area contributed by atoms with Gasteiger partial charge in [0, 0.05) is 22.2 Å². The first kappa shape index (κ1) is 26.1. The van der Waals surface area contributed by atoms with E-state index < -0.39 is 0 Å². The zero-order chi connectivity index (χ0) is 26.2. The third-order valence-corrected chi connectivity index (χ3v) is 7.61. The highest BCUT2D eigenvalue weighted by molar-refractivity contribution is 6.12. The van der Waals surface area contributed by atoms with Crippen LogP contribution < -0.4 is 0 Å². The van der Waals surface area contributed by atoms with Crippen LogP contribution in [0, 0.1) is 0 Å². The van der Waals surface area contributed by atoms with E-state index in [-0.39, 0.29) is 0 Å². The van der Waals surface area contributed by atoms with Crippen molar-refractivity contribution in [1.82, 2.24) is 9.97 Å². The molecule has 0 saturated heterocycles. The smallest absolute Gasteiger partial charge is 0.0974 e. The van der Waals surface area contributed by atoms with E-state index in [1.807, 2.05) is 0 Å². The normalized spacial score (nSPS) is 11.4. The molecule has 0 spiro atoms. The minimum atomic E-state index is 1.01. The number of hydrogen-bond donors (Lipinski definition) is 0. The maximum atomic E-state index is 5.31. The molecule has 0 fully saturated rings. The average Bonchev–Trinajstić information content (AvgIpc) is 2.97. The van der Waals surface area contributed by atoms with Gasteiger partial charge in [-0.3, -0.25) is 9.97 Å². The van der Waals surface area contributed by atoms with Gasteiger partial charge in [-0.15, -0.1) is 0 Å². The largest absolute Gasteiger partial charge is 0.250 e. The molecule has 0 atom stereocenters. The number of fused-ring (bicyclic) bond motifs is 3. The van der Waals surface area contributed by atoms with Crippen LogP contribution in [-0.2, 0) is 12.8 Å². The summed E-state index contributed by atoms with van der Waals surface area (Å²) in [5, 5.41) is 2.38. The summed E-state index contributed by atoms with van der Waals surface area (Å²) >= 11 is 0. The van der Waals surface area contributed by atoms with E-state index in [1.165, 1.54) is 95.8 Å². The lowest BCUT2D eigenvalue weighted by atomic mass is 9.94. The number of aromatic nitrogens is 2. The topological polar surface area (TPSA) is 25.8 Å². The molecule has 2 heterocycles.